The molecule has 116 valence electrons. The molecule has 3 N–H and O–H groups in total. The first-order valence-electron chi connectivity index (χ1n) is 6.49. The summed E-state index contributed by atoms with van der Waals surface area (Å²) in [5.41, 5.74) is 0.321. The number of amides is 3. The van der Waals surface area contributed by atoms with Crippen LogP contribution in [0.3, 0.4) is 0 Å². The van der Waals surface area contributed by atoms with E-state index in [2.05, 4.69) is 10.6 Å². The molecule has 0 spiro atoms. The van der Waals surface area contributed by atoms with Gasteiger partial charge in [0.15, 0.2) is 0 Å². The van der Waals surface area contributed by atoms with Crippen molar-refractivity contribution < 1.29 is 18.0 Å². The van der Waals surface area contributed by atoms with Gasteiger partial charge in [-0.3, -0.25) is 4.79 Å². The number of hydrogen-bond acceptors (Lipinski definition) is 4. The monoisotopic (exact) mass is 313 g/mol. The summed E-state index contributed by atoms with van der Waals surface area (Å²) in [6, 6.07) is 5.73. The van der Waals surface area contributed by atoms with Crippen molar-refractivity contribution in [3.63, 3.8) is 0 Å². The topological polar surface area (TPSA) is 104 Å². The Morgan fingerprint density at radius 1 is 1.19 bits per heavy atom. The Morgan fingerprint density at radius 2 is 1.86 bits per heavy atom. The van der Waals surface area contributed by atoms with Crippen molar-refractivity contribution in [3.8, 4) is 0 Å². The van der Waals surface area contributed by atoms with E-state index in [4.69, 9.17) is 0 Å². The summed E-state index contributed by atoms with van der Waals surface area (Å²) < 4.78 is 24.0. The summed E-state index contributed by atoms with van der Waals surface area (Å²) in [5.74, 6) is -0.790. The van der Waals surface area contributed by atoms with E-state index >= 15 is 0 Å². The van der Waals surface area contributed by atoms with Crippen LogP contribution in [0.1, 0.15) is 30.1 Å². The standard InChI is InChI=1S/C13H19N3O4S/c1-3-4-9-14-13(18)15-11-8-6-5-7-10(11)12(17)16-21(2,19)20/h5-8H,3-4,9H2,1-2H3,(H,16,17)(H2,14,15,18). The van der Waals surface area contributed by atoms with Gasteiger partial charge in [-0.05, 0) is 18.6 Å². The van der Waals surface area contributed by atoms with Crippen LogP contribution in [-0.2, 0) is 10.0 Å². The largest absolute Gasteiger partial charge is 0.338 e. The Kier molecular flexibility index (Phi) is 6.16. The maximum atomic E-state index is 11.9. The van der Waals surface area contributed by atoms with E-state index in [0.29, 0.717) is 6.54 Å². The molecule has 0 heterocycles. The SMILES string of the molecule is CCCCNC(=O)Nc1ccccc1C(=O)NS(C)(=O)=O. The molecule has 0 bridgehead atoms. The second kappa shape index (κ2) is 7.63. The molecule has 0 aliphatic rings. The van der Waals surface area contributed by atoms with Gasteiger partial charge < -0.3 is 10.6 Å². The highest BCUT2D eigenvalue weighted by molar-refractivity contribution is 7.89. The van der Waals surface area contributed by atoms with Gasteiger partial charge in [-0.2, -0.15) is 0 Å². The van der Waals surface area contributed by atoms with Crippen LogP contribution < -0.4 is 15.4 Å². The van der Waals surface area contributed by atoms with Gasteiger partial charge >= 0.3 is 6.03 Å². The molecule has 3 amide bonds. The molecule has 0 aliphatic heterocycles. The van der Waals surface area contributed by atoms with Gasteiger partial charge in [0.1, 0.15) is 0 Å². The fourth-order valence-electron chi connectivity index (χ4n) is 1.56. The zero-order valence-corrected chi connectivity index (χ0v) is 12.8. The fourth-order valence-corrected chi connectivity index (χ4v) is 2.01. The maximum absolute atomic E-state index is 11.9. The van der Waals surface area contributed by atoms with E-state index in [1.807, 2.05) is 11.6 Å². The molecule has 1 aromatic rings. The third-order valence-corrected chi connectivity index (χ3v) is 3.07. The number of nitrogens with one attached hydrogen (secondary N) is 3. The van der Waals surface area contributed by atoms with Crippen molar-refractivity contribution in [2.45, 2.75) is 19.8 Å². The van der Waals surface area contributed by atoms with E-state index in [9.17, 15) is 18.0 Å². The summed E-state index contributed by atoms with van der Waals surface area (Å²) >= 11 is 0. The zero-order chi connectivity index (χ0) is 15.9. The summed E-state index contributed by atoms with van der Waals surface area (Å²) in [5, 5.41) is 5.18. The van der Waals surface area contributed by atoms with Crippen molar-refractivity contribution in [3.05, 3.63) is 29.8 Å². The van der Waals surface area contributed by atoms with Crippen molar-refractivity contribution in [2.75, 3.05) is 18.1 Å². The molecule has 0 radical (unpaired) electrons. The Balaban J connectivity index is 2.80. The number of carbonyl (C=O) groups excluding carboxylic acids is 2. The van der Waals surface area contributed by atoms with E-state index in [1.165, 1.54) is 12.1 Å². The second-order valence-corrected chi connectivity index (χ2v) is 6.23. The lowest BCUT2D eigenvalue weighted by atomic mass is 10.1. The lowest BCUT2D eigenvalue weighted by Gasteiger charge is -2.11. The smallest absolute Gasteiger partial charge is 0.319 e. The van der Waals surface area contributed by atoms with E-state index < -0.39 is 22.0 Å². The normalized spacial score (nSPS) is 10.8. The molecule has 0 fully saturated rings. The summed E-state index contributed by atoms with van der Waals surface area (Å²) in [4.78, 5) is 23.5. The minimum Gasteiger partial charge on any atom is -0.338 e. The number of unbranched alkanes of at least 4 members (excludes halogenated alkanes) is 1. The quantitative estimate of drug-likeness (QED) is 0.688. The van der Waals surface area contributed by atoms with Crippen LogP contribution in [0.5, 0.6) is 0 Å². The zero-order valence-electron chi connectivity index (χ0n) is 12.0. The predicted octanol–water partition coefficient (Wildman–Crippen LogP) is 1.30. The summed E-state index contributed by atoms with van der Waals surface area (Å²) in [7, 11) is -3.66. The Hall–Kier alpha value is -2.09. The van der Waals surface area contributed by atoms with E-state index in [1.54, 1.807) is 12.1 Å². The molecule has 1 rings (SSSR count). The average molecular weight is 313 g/mol. The molecular weight excluding hydrogens is 294 g/mol. The lowest BCUT2D eigenvalue weighted by molar-refractivity contribution is 0.0982. The number of urea groups is 1. The number of carbonyl (C=O) groups is 2. The van der Waals surface area contributed by atoms with Gasteiger partial charge in [0, 0.05) is 6.54 Å². The third kappa shape index (κ3) is 6.26. The van der Waals surface area contributed by atoms with Crippen LogP contribution in [0.25, 0.3) is 0 Å². The van der Waals surface area contributed by atoms with Crippen LogP contribution in [0, 0.1) is 0 Å². The van der Waals surface area contributed by atoms with Gasteiger partial charge in [-0.1, -0.05) is 25.5 Å². The first kappa shape index (κ1) is 17.0. The molecule has 0 saturated heterocycles. The number of para-hydroxylation sites is 1. The Bertz CT molecular complexity index is 614. The van der Waals surface area contributed by atoms with E-state index in [-0.39, 0.29) is 11.3 Å². The molecule has 0 unspecified atom stereocenters. The van der Waals surface area contributed by atoms with Crippen molar-refractivity contribution in [1.82, 2.24) is 10.0 Å². The van der Waals surface area contributed by atoms with E-state index in [0.717, 1.165) is 19.1 Å². The number of sulfonamides is 1. The molecule has 0 aromatic heterocycles. The van der Waals surface area contributed by atoms with Crippen LogP contribution in [0.4, 0.5) is 10.5 Å². The molecule has 8 heteroatoms. The number of benzene rings is 1. The molecule has 7 nitrogen and oxygen atoms in total. The molecular formula is C13H19N3O4S. The van der Waals surface area contributed by atoms with Gasteiger partial charge in [0.25, 0.3) is 5.91 Å². The molecule has 0 atom stereocenters. The number of rotatable bonds is 6. The van der Waals surface area contributed by atoms with Crippen LogP contribution in [0.15, 0.2) is 24.3 Å². The van der Waals surface area contributed by atoms with Crippen LogP contribution in [0.2, 0.25) is 0 Å². The Labute approximate surface area is 124 Å². The van der Waals surface area contributed by atoms with Crippen molar-refractivity contribution in [1.29, 1.82) is 0 Å². The first-order valence-corrected chi connectivity index (χ1v) is 8.38. The highest BCUT2D eigenvalue weighted by Gasteiger charge is 2.15. The molecule has 21 heavy (non-hydrogen) atoms. The highest BCUT2D eigenvalue weighted by atomic mass is 32.2. The molecule has 0 aliphatic carbocycles. The number of anilines is 1. The lowest BCUT2D eigenvalue weighted by Crippen LogP contribution is -2.32. The van der Waals surface area contributed by atoms with Crippen molar-refractivity contribution in [2.24, 2.45) is 0 Å². The summed E-state index contributed by atoms with van der Waals surface area (Å²) in [6.07, 6.45) is 2.69. The van der Waals surface area contributed by atoms with Gasteiger partial charge in [0.2, 0.25) is 10.0 Å². The third-order valence-electron chi connectivity index (χ3n) is 2.51. The van der Waals surface area contributed by atoms with Crippen molar-refractivity contribution >= 4 is 27.6 Å². The maximum Gasteiger partial charge on any atom is 0.319 e. The van der Waals surface area contributed by atoms with Crippen LogP contribution in [-0.4, -0.2) is 33.2 Å². The minimum absolute atomic E-state index is 0.0774. The second-order valence-electron chi connectivity index (χ2n) is 4.48. The van der Waals surface area contributed by atoms with Gasteiger partial charge in [-0.15, -0.1) is 0 Å². The van der Waals surface area contributed by atoms with Crippen LogP contribution >= 0.6 is 0 Å². The summed E-state index contributed by atoms with van der Waals surface area (Å²) in [6.45, 7) is 2.53. The van der Waals surface area contributed by atoms with Gasteiger partial charge in [-0.25, -0.2) is 17.9 Å². The Morgan fingerprint density at radius 3 is 2.48 bits per heavy atom. The highest BCUT2D eigenvalue weighted by Crippen LogP contribution is 2.15. The molecule has 0 saturated carbocycles. The van der Waals surface area contributed by atoms with Gasteiger partial charge in [0.05, 0.1) is 17.5 Å². The predicted molar refractivity (Wildman–Crippen MR) is 80.7 cm³/mol. The number of hydrogen-bond donors (Lipinski definition) is 3. The minimum atomic E-state index is -3.66. The fraction of sp³-hybridized carbons (Fsp3) is 0.385. The average Bonchev–Trinajstić information content (AvgIpc) is 2.37. The molecule has 1 aromatic carbocycles. The first-order chi connectivity index (χ1) is 9.83.